The van der Waals surface area contributed by atoms with Crippen LogP contribution in [-0.4, -0.2) is 12.5 Å². The normalized spacial score (nSPS) is 11.3. The Bertz CT molecular complexity index is 421. The molecule has 0 radical (unpaired) electrons. The smallest absolute Gasteiger partial charge is 0.219 e. The lowest BCUT2D eigenvalue weighted by Gasteiger charge is -2.06. The van der Waals surface area contributed by atoms with Gasteiger partial charge in [-0.2, -0.15) is 0 Å². The summed E-state index contributed by atoms with van der Waals surface area (Å²) in [5.74, 6) is 0.271. The summed E-state index contributed by atoms with van der Waals surface area (Å²) >= 11 is 0. The molecular weight excluding hydrogens is 450 g/mol. The molecule has 2 heteroatoms. The van der Waals surface area contributed by atoms with Gasteiger partial charge in [0.25, 0.3) is 0 Å². The molecule has 0 fully saturated rings. The topological polar surface area (TPSA) is 29.1 Å². The van der Waals surface area contributed by atoms with Gasteiger partial charge in [0.05, 0.1) is 0 Å². The van der Waals surface area contributed by atoms with E-state index in [0.29, 0.717) is 0 Å². The Morgan fingerprint density at radius 1 is 0.351 bits per heavy atom. The molecule has 0 unspecified atom stereocenters. The lowest BCUT2D eigenvalue weighted by atomic mass is 10.0. The highest BCUT2D eigenvalue weighted by molar-refractivity contribution is 5.75. The van der Waals surface area contributed by atoms with Crippen molar-refractivity contribution in [3.8, 4) is 0 Å². The fourth-order valence-corrected chi connectivity index (χ4v) is 5.47. The first kappa shape index (κ1) is 36.5. The maximum absolute atomic E-state index is 11.9. The third kappa shape index (κ3) is 33.4. The van der Waals surface area contributed by atoms with E-state index in [2.05, 4.69) is 19.2 Å². The zero-order valence-corrected chi connectivity index (χ0v) is 26.0. The van der Waals surface area contributed by atoms with E-state index in [0.717, 1.165) is 25.8 Å². The van der Waals surface area contributed by atoms with Crippen molar-refractivity contribution in [1.29, 1.82) is 0 Å². The van der Waals surface area contributed by atoms with Gasteiger partial charge >= 0.3 is 0 Å². The zero-order chi connectivity index (χ0) is 26.9. The van der Waals surface area contributed by atoms with Gasteiger partial charge < -0.3 is 5.32 Å². The quantitative estimate of drug-likeness (QED) is 0.0876. The van der Waals surface area contributed by atoms with Crippen LogP contribution in [0.25, 0.3) is 0 Å². The second-order valence-corrected chi connectivity index (χ2v) is 12.0. The third-order valence-corrected chi connectivity index (χ3v) is 8.11. The van der Waals surface area contributed by atoms with E-state index in [1.54, 1.807) is 0 Å². The lowest BCUT2D eigenvalue weighted by molar-refractivity contribution is -0.121. The minimum atomic E-state index is 0.271. The summed E-state index contributed by atoms with van der Waals surface area (Å²) in [5.41, 5.74) is 0. The van der Waals surface area contributed by atoms with Crippen molar-refractivity contribution in [2.45, 2.75) is 213 Å². The molecule has 0 heterocycles. The van der Waals surface area contributed by atoms with E-state index in [4.69, 9.17) is 0 Å². The predicted octanol–water partition coefficient (Wildman–Crippen LogP) is 12.2. The molecule has 0 spiro atoms. The van der Waals surface area contributed by atoms with Gasteiger partial charge in [-0.1, -0.05) is 194 Å². The molecule has 0 aliphatic rings. The Morgan fingerprint density at radius 2 is 0.595 bits per heavy atom. The van der Waals surface area contributed by atoms with E-state index < -0.39 is 0 Å². The van der Waals surface area contributed by atoms with Gasteiger partial charge in [0, 0.05) is 13.0 Å². The third-order valence-electron chi connectivity index (χ3n) is 8.11. The first-order chi connectivity index (χ1) is 18.3. The highest BCUT2D eigenvalue weighted by atomic mass is 16.1. The average molecular weight is 522 g/mol. The van der Waals surface area contributed by atoms with Crippen molar-refractivity contribution in [2.24, 2.45) is 0 Å². The van der Waals surface area contributed by atoms with Crippen LogP contribution in [0.5, 0.6) is 0 Å². The van der Waals surface area contributed by atoms with Crippen LogP contribution in [0.2, 0.25) is 0 Å². The van der Waals surface area contributed by atoms with Crippen LogP contribution >= 0.6 is 0 Å². The summed E-state index contributed by atoms with van der Waals surface area (Å²) in [7, 11) is 0. The summed E-state index contributed by atoms with van der Waals surface area (Å²) in [6, 6.07) is 0. The number of unbranched alkanes of at least 4 members (excludes halogenated alkanes) is 28. The number of hydrogen-bond donors (Lipinski definition) is 1. The van der Waals surface area contributed by atoms with Crippen LogP contribution in [-0.2, 0) is 4.79 Å². The second kappa shape index (κ2) is 33.5. The number of rotatable bonds is 32. The molecule has 0 aromatic heterocycles. The minimum Gasteiger partial charge on any atom is -0.356 e. The first-order valence-electron chi connectivity index (χ1n) is 17.6. The van der Waals surface area contributed by atoms with E-state index in [-0.39, 0.29) is 5.91 Å². The largest absolute Gasteiger partial charge is 0.356 e. The van der Waals surface area contributed by atoms with E-state index in [1.807, 2.05) is 0 Å². The fraction of sp³-hybridized carbons (Fsp3) is 0.971. The maximum atomic E-state index is 11.9. The molecule has 0 aromatic rings. The zero-order valence-electron chi connectivity index (χ0n) is 26.0. The Balaban J connectivity index is 3.10. The van der Waals surface area contributed by atoms with Crippen molar-refractivity contribution in [3.05, 3.63) is 0 Å². The fourth-order valence-electron chi connectivity index (χ4n) is 5.47. The molecule has 1 amide bonds. The Morgan fingerprint density at radius 3 is 0.892 bits per heavy atom. The van der Waals surface area contributed by atoms with Gasteiger partial charge in [-0.3, -0.25) is 4.79 Å². The molecule has 0 saturated carbocycles. The molecule has 0 aromatic carbocycles. The number of carbonyl (C=O) groups is 1. The van der Waals surface area contributed by atoms with E-state index in [1.165, 1.54) is 180 Å². The molecule has 0 aliphatic heterocycles. The molecule has 0 bridgehead atoms. The molecular formula is C35H71NO. The SMILES string of the molecule is CCCCCCCCCCCCCCCCCCCCCCCCCCC(=O)NCCCCCCCC. The summed E-state index contributed by atoms with van der Waals surface area (Å²) in [6.45, 7) is 5.43. The number of amides is 1. The van der Waals surface area contributed by atoms with Crippen molar-refractivity contribution in [2.75, 3.05) is 6.54 Å². The van der Waals surface area contributed by atoms with Crippen LogP contribution in [0.3, 0.4) is 0 Å². The van der Waals surface area contributed by atoms with Gasteiger partial charge in [0.15, 0.2) is 0 Å². The minimum absolute atomic E-state index is 0.271. The highest BCUT2D eigenvalue weighted by Crippen LogP contribution is 2.15. The number of hydrogen-bond acceptors (Lipinski definition) is 1. The lowest BCUT2D eigenvalue weighted by Crippen LogP contribution is -2.23. The molecule has 37 heavy (non-hydrogen) atoms. The van der Waals surface area contributed by atoms with Gasteiger partial charge in [0.1, 0.15) is 0 Å². The van der Waals surface area contributed by atoms with Crippen LogP contribution in [0.15, 0.2) is 0 Å². The number of nitrogens with one attached hydrogen (secondary N) is 1. The van der Waals surface area contributed by atoms with Crippen LogP contribution < -0.4 is 5.32 Å². The van der Waals surface area contributed by atoms with Crippen LogP contribution in [0.1, 0.15) is 213 Å². The maximum Gasteiger partial charge on any atom is 0.219 e. The summed E-state index contributed by atoms with van der Waals surface area (Å²) in [5, 5.41) is 3.10. The van der Waals surface area contributed by atoms with Crippen molar-refractivity contribution < 1.29 is 4.79 Å². The van der Waals surface area contributed by atoms with Crippen molar-refractivity contribution in [1.82, 2.24) is 5.32 Å². The summed E-state index contributed by atoms with van der Waals surface area (Å²) in [6.07, 6.45) is 42.5. The molecule has 222 valence electrons. The Hall–Kier alpha value is -0.530. The Labute approximate surface area is 235 Å². The molecule has 0 aliphatic carbocycles. The monoisotopic (exact) mass is 522 g/mol. The van der Waals surface area contributed by atoms with Crippen LogP contribution in [0.4, 0.5) is 0 Å². The van der Waals surface area contributed by atoms with Gasteiger partial charge in [-0.15, -0.1) is 0 Å². The van der Waals surface area contributed by atoms with E-state index >= 15 is 0 Å². The standard InChI is InChI=1S/C35H71NO/c1-3-5-7-9-11-12-13-14-15-16-17-18-19-20-21-22-23-24-25-26-27-28-29-31-33-35(37)36-34-32-30-10-8-6-4-2/h3-34H2,1-2H3,(H,36,37). The number of carbonyl (C=O) groups excluding carboxylic acids is 1. The second-order valence-electron chi connectivity index (χ2n) is 12.0. The molecule has 1 N–H and O–H groups in total. The predicted molar refractivity (Wildman–Crippen MR) is 167 cm³/mol. The Kier molecular flexibility index (Phi) is 33.0. The van der Waals surface area contributed by atoms with Gasteiger partial charge in [-0.25, -0.2) is 0 Å². The summed E-state index contributed by atoms with van der Waals surface area (Å²) in [4.78, 5) is 11.9. The molecule has 0 rings (SSSR count). The van der Waals surface area contributed by atoms with Gasteiger partial charge in [-0.05, 0) is 12.8 Å². The highest BCUT2D eigenvalue weighted by Gasteiger charge is 2.01. The average Bonchev–Trinajstić information content (AvgIpc) is 2.90. The first-order valence-corrected chi connectivity index (χ1v) is 17.6. The molecule has 0 atom stereocenters. The van der Waals surface area contributed by atoms with Crippen molar-refractivity contribution >= 4 is 5.91 Å². The van der Waals surface area contributed by atoms with E-state index in [9.17, 15) is 4.79 Å². The van der Waals surface area contributed by atoms with Crippen molar-refractivity contribution in [3.63, 3.8) is 0 Å². The molecule has 2 nitrogen and oxygen atoms in total. The van der Waals surface area contributed by atoms with Gasteiger partial charge in [0.2, 0.25) is 5.91 Å². The summed E-state index contributed by atoms with van der Waals surface area (Å²) < 4.78 is 0. The molecule has 0 saturated heterocycles. The van der Waals surface area contributed by atoms with Crippen LogP contribution in [0, 0.1) is 0 Å².